The molecule has 3 rings (SSSR count). The fourth-order valence-electron chi connectivity index (χ4n) is 3.55. The van der Waals surface area contributed by atoms with Crippen molar-refractivity contribution in [2.45, 2.75) is 45.5 Å². The molecule has 0 saturated carbocycles. The van der Waals surface area contributed by atoms with Gasteiger partial charge in [-0.05, 0) is 36.6 Å². The third-order valence-electron chi connectivity index (χ3n) is 5.56. The van der Waals surface area contributed by atoms with Crippen LogP contribution in [-0.4, -0.2) is 46.3 Å². The molecule has 0 spiro atoms. The number of nitrogens with one attached hydrogen (secondary N) is 2. The third-order valence-corrected chi connectivity index (χ3v) is 5.56. The normalized spacial score (nSPS) is 12.9. The van der Waals surface area contributed by atoms with Crippen LogP contribution in [0.4, 0.5) is 23.7 Å². The van der Waals surface area contributed by atoms with Crippen LogP contribution in [0.2, 0.25) is 0 Å². The molecule has 0 fully saturated rings. The molecular formula is C27H29F3N4O5. The number of alkyl halides is 3. The van der Waals surface area contributed by atoms with Gasteiger partial charge in [-0.3, -0.25) is 14.9 Å². The van der Waals surface area contributed by atoms with Crippen LogP contribution in [0.25, 0.3) is 5.69 Å². The number of ketones is 1. The highest BCUT2D eigenvalue weighted by atomic mass is 19.4. The van der Waals surface area contributed by atoms with Crippen molar-refractivity contribution in [3.05, 3.63) is 72.4 Å². The lowest BCUT2D eigenvalue weighted by Crippen LogP contribution is -2.49. The van der Waals surface area contributed by atoms with E-state index in [1.165, 1.54) is 12.1 Å². The molecule has 12 heteroatoms. The highest BCUT2D eigenvalue weighted by Gasteiger charge is 2.36. The van der Waals surface area contributed by atoms with E-state index in [0.29, 0.717) is 17.4 Å². The minimum atomic E-state index is -4.72. The number of nitrogens with zero attached hydrogens (tertiary/aromatic N) is 2. The highest BCUT2D eigenvalue weighted by Crippen LogP contribution is 2.32. The molecule has 2 atom stereocenters. The van der Waals surface area contributed by atoms with Crippen LogP contribution in [0.15, 0.2) is 66.7 Å². The number of rotatable bonds is 11. The average molecular weight is 547 g/mol. The Morgan fingerprint density at radius 1 is 1.00 bits per heavy atom. The van der Waals surface area contributed by atoms with Gasteiger partial charge in [0.2, 0.25) is 5.88 Å². The Morgan fingerprint density at radius 2 is 1.62 bits per heavy atom. The van der Waals surface area contributed by atoms with Gasteiger partial charge in [-0.25, -0.2) is 9.48 Å². The van der Waals surface area contributed by atoms with Gasteiger partial charge in [-0.1, -0.05) is 57.2 Å². The molecule has 2 aromatic carbocycles. The Bertz CT molecular complexity index is 1260. The number of hydrogen-bond acceptors (Lipinski definition) is 6. The van der Waals surface area contributed by atoms with Crippen LogP contribution in [0.1, 0.15) is 32.9 Å². The van der Waals surface area contributed by atoms with E-state index in [9.17, 15) is 27.6 Å². The molecule has 2 N–H and O–H groups in total. The summed E-state index contributed by atoms with van der Waals surface area (Å²) in [5, 5.41) is 8.65. The van der Waals surface area contributed by atoms with Crippen LogP contribution >= 0.6 is 0 Å². The van der Waals surface area contributed by atoms with E-state index in [4.69, 9.17) is 9.47 Å². The van der Waals surface area contributed by atoms with Crippen molar-refractivity contribution in [3.8, 4) is 11.6 Å². The SMILES string of the molecule is CCC(NC(=O)C(OC(=O)Nc1ccccc1)C(C)C)C(=O)COc1cc(C(F)(F)F)nn1-c1ccccc1. The maximum atomic E-state index is 13.3. The maximum absolute atomic E-state index is 13.3. The summed E-state index contributed by atoms with van der Waals surface area (Å²) in [5.41, 5.74) is -0.394. The number of anilines is 1. The van der Waals surface area contributed by atoms with E-state index < -0.39 is 54.3 Å². The zero-order valence-electron chi connectivity index (χ0n) is 21.6. The first-order valence-corrected chi connectivity index (χ1v) is 12.2. The topological polar surface area (TPSA) is 112 Å². The summed E-state index contributed by atoms with van der Waals surface area (Å²) in [6.07, 6.45) is -6.60. The van der Waals surface area contributed by atoms with Crippen molar-refractivity contribution in [1.82, 2.24) is 15.1 Å². The minimum Gasteiger partial charge on any atom is -0.469 e. The number of benzene rings is 2. The lowest BCUT2D eigenvalue weighted by Gasteiger charge is -2.24. The molecular weight excluding hydrogens is 517 g/mol. The molecule has 0 saturated heterocycles. The molecule has 0 aliphatic rings. The van der Waals surface area contributed by atoms with Crippen molar-refractivity contribution < 1.29 is 37.0 Å². The van der Waals surface area contributed by atoms with Gasteiger partial charge in [-0.15, -0.1) is 0 Å². The summed E-state index contributed by atoms with van der Waals surface area (Å²) in [7, 11) is 0. The van der Waals surface area contributed by atoms with Gasteiger partial charge < -0.3 is 14.8 Å². The molecule has 0 radical (unpaired) electrons. The van der Waals surface area contributed by atoms with Crippen molar-refractivity contribution in [3.63, 3.8) is 0 Å². The van der Waals surface area contributed by atoms with Crippen molar-refractivity contribution in [2.24, 2.45) is 5.92 Å². The van der Waals surface area contributed by atoms with E-state index >= 15 is 0 Å². The van der Waals surface area contributed by atoms with Gasteiger partial charge in [0.25, 0.3) is 5.91 Å². The quantitative estimate of drug-likeness (QED) is 0.350. The highest BCUT2D eigenvalue weighted by molar-refractivity contribution is 5.93. The predicted molar refractivity (Wildman–Crippen MR) is 136 cm³/mol. The monoisotopic (exact) mass is 546 g/mol. The largest absolute Gasteiger partial charge is 0.469 e. The van der Waals surface area contributed by atoms with Gasteiger partial charge in [0.15, 0.2) is 24.2 Å². The van der Waals surface area contributed by atoms with Gasteiger partial charge in [0.05, 0.1) is 11.7 Å². The smallest absolute Gasteiger partial charge is 0.435 e. The van der Waals surface area contributed by atoms with Crippen molar-refractivity contribution in [2.75, 3.05) is 11.9 Å². The summed E-state index contributed by atoms with van der Waals surface area (Å²) in [5.74, 6) is -1.99. The molecule has 39 heavy (non-hydrogen) atoms. The average Bonchev–Trinajstić information content (AvgIpc) is 3.35. The van der Waals surface area contributed by atoms with Crippen LogP contribution in [0, 0.1) is 5.92 Å². The summed E-state index contributed by atoms with van der Waals surface area (Å²) in [6, 6.07) is 16.2. The standard InChI is InChI=1S/C27H29F3N4O5/c1-4-20(32-25(36)24(17(2)3)39-26(37)31-18-11-7-5-8-12-18)21(35)16-38-23-15-22(27(28,29)30)33-34(23)19-13-9-6-10-14-19/h5-15,17,20,24H,4,16H2,1-3H3,(H,31,37)(H,32,36). The first-order valence-electron chi connectivity index (χ1n) is 12.2. The Morgan fingerprint density at radius 3 is 2.18 bits per heavy atom. The number of carbonyl (C=O) groups excluding carboxylic acids is 3. The number of ether oxygens (including phenoxy) is 2. The summed E-state index contributed by atoms with van der Waals surface area (Å²) < 4.78 is 51.6. The number of aromatic nitrogens is 2. The van der Waals surface area contributed by atoms with Gasteiger partial charge in [0, 0.05) is 11.8 Å². The van der Waals surface area contributed by atoms with Crippen LogP contribution in [-0.2, 0) is 20.5 Å². The molecule has 9 nitrogen and oxygen atoms in total. The fourth-order valence-corrected chi connectivity index (χ4v) is 3.55. The molecule has 1 heterocycles. The zero-order chi connectivity index (χ0) is 28.6. The van der Waals surface area contributed by atoms with E-state index in [2.05, 4.69) is 15.7 Å². The van der Waals surface area contributed by atoms with E-state index in [0.717, 1.165) is 4.68 Å². The number of para-hydroxylation sites is 2. The number of hydrogen-bond donors (Lipinski definition) is 2. The second kappa shape index (κ2) is 12.9. The first-order chi connectivity index (χ1) is 18.5. The van der Waals surface area contributed by atoms with Crippen molar-refractivity contribution in [1.29, 1.82) is 0 Å². The van der Waals surface area contributed by atoms with Crippen molar-refractivity contribution >= 4 is 23.5 Å². The third kappa shape index (κ3) is 8.06. The number of halogens is 3. The van der Waals surface area contributed by atoms with Gasteiger partial charge in [-0.2, -0.15) is 18.3 Å². The molecule has 208 valence electrons. The summed E-state index contributed by atoms with van der Waals surface area (Å²) in [6.45, 7) is 4.37. The Balaban J connectivity index is 1.66. The molecule has 0 bridgehead atoms. The zero-order valence-corrected chi connectivity index (χ0v) is 21.6. The first kappa shape index (κ1) is 29.2. The van der Waals surface area contributed by atoms with E-state index in [1.807, 2.05) is 0 Å². The van der Waals surface area contributed by atoms with E-state index in [-0.39, 0.29) is 12.3 Å². The number of amides is 2. The van der Waals surface area contributed by atoms with Crippen LogP contribution in [0.3, 0.4) is 0 Å². The lowest BCUT2D eigenvalue weighted by molar-refractivity contribution is -0.141. The Labute approximate surface area is 223 Å². The lowest BCUT2D eigenvalue weighted by atomic mass is 10.0. The number of Topliss-reactive ketones (excluding diaryl/α,β-unsaturated/α-hetero) is 1. The molecule has 0 aliphatic heterocycles. The second-order valence-corrected chi connectivity index (χ2v) is 8.90. The molecule has 0 aliphatic carbocycles. The maximum Gasteiger partial charge on any atom is 0.435 e. The number of carbonyl (C=O) groups is 3. The van der Waals surface area contributed by atoms with Gasteiger partial charge in [0.1, 0.15) is 0 Å². The fraction of sp³-hybridized carbons (Fsp3) is 0.333. The molecule has 1 aromatic heterocycles. The summed E-state index contributed by atoms with van der Waals surface area (Å²) in [4.78, 5) is 38.1. The predicted octanol–water partition coefficient (Wildman–Crippen LogP) is 5.01. The summed E-state index contributed by atoms with van der Waals surface area (Å²) >= 11 is 0. The second-order valence-electron chi connectivity index (χ2n) is 8.90. The Kier molecular flexibility index (Phi) is 9.69. The van der Waals surface area contributed by atoms with E-state index in [1.54, 1.807) is 69.3 Å². The molecule has 2 amide bonds. The minimum absolute atomic E-state index is 0.167. The molecule has 3 aromatic rings. The van der Waals surface area contributed by atoms with Crippen LogP contribution < -0.4 is 15.4 Å². The molecule has 2 unspecified atom stereocenters. The Hall–Kier alpha value is -4.35. The van der Waals surface area contributed by atoms with Crippen LogP contribution in [0.5, 0.6) is 5.88 Å². The van der Waals surface area contributed by atoms with Gasteiger partial charge >= 0.3 is 12.3 Å².